The number of nitrogen functional groups attached to an aromatic ring is 1. The van der Waals surface area contributed by atoms with Gasteiger partial charge in [-0.3, -0.25) is 9.78 Å². The zero-order chi connectivity index (χ0) is 24.9. The van der Waals surface area contributed by atoms with Crippen LogP contribution in [0, 0.1) is 6.92 Å². The quantitative estimate of drug-likeness (QED) is 0.149. The Bertz CT molecular complexity index is 996. The number of unbranched alkanes of at least 4 members (excludes halogenated alkanes) is 11. The summed E-state index contributed by atoms with van der Waals surface area (Å²) in [5, 5.41) is 0.459. The molecular formula is C29H41N3O2S. The Morgan fingerprint density at radius 2 is 1.63 bits per heavy atom. The lowest BCUT2D eigenvalue weighted by Crippen LogP contribution is -2.13. The van der Waals surface area contributed by atoms with Gasteiger partial charge >= 0.3 is 0 Å². The van der Waals surface area contributed by atoms with Gasteiger partial charge in [0.15, 0.2) is 16.7 Å². The number of hydrogen-bond acceptors (Lipinski definition) is 6. The lowest BCUT2D eigenvalue weighted by molar-refractivity contribution is 0.0955. The smallest absolute Gasteiger partial charge is 0.180 e. The van der Waals surface area contributed by atoms with E-state index in [0.29, 0.717) is 22.1 Å². The Kier molecular flexibility index (Phi) is 11.5. The summed E-state index contributed by atoms with van der Waals surface area (Å²) in [6.07, 6.45) is 19.6. The number of carbonyl (C=O) groups excluding carboxylic acids is 1. The van der Waals surface area contributed by atoms with E-state index < -0.39 is 0 Å². The maximum atomic E-state index is 13.6. The highest BCUT2D eigenvalue weighted by atomic mass is 32.1. The Labute approximate surface area is 214 Å². The monoisotopic (exact) mass is 495 g/mol. The first-order chi connectivity index (χ1) is 17.1. The minimum Gasteiger partial charge on any atom is -0.463 e. The second-order valence-corrected chi connectivity index (χ2v) is 10.6. The Hall–Kier alpha value is -2.47. The van der Waals surface area contributed by atoms with Gasteiger partial charge in [-0.2, -0.15) is 0 Å². The molecule has 1 atom stereocenters. The standard InChI is InChI=1S/C29H41N3O2S/c1-3-4-5-6-7-8-9-10-11-12-13-14-16-24(27(33)23-19-18-22(2)31-21-23)28-26(32-29(30)35-28)25-17-15-20-34-25/h15,17-21,24H,3-14,16H2,1-2H3,(H2,30,32). The van der Waals surface area contributed by atoms with E-state index >= 15 is 0 Å². The first-order valence-electron chi connectivity index (χ1n) is 13.4. The van der Waals surface area contributed by atoms with Gasteiger partial charge in [-0.1, -0.05) is 84.0 Å². The molecule has 0 aromatic carbocycles. The molecule has 0 amide bonds. The average molecular weight is 496 g/mol. The maximum absolute atomic E-state index is 13.6. The third kappa shape index (κ3) is 8.60. The van der Waals surface area contributed by atoms with Crippen molar-refractivity contribution in [1.82, 2.24) is 9.97 Å². The van der Waals surface area contributed by atoms with Gasteiger partial charge in [0.25, 0.3) is 0 Å². The van der Waals surface area contributed by atoms with Crippen LogP contribution in [0.25, 0.3) is 11.5 Å². The summed E-state index contributed by atoms with van der Waals surface area (Å²) < 4.78 is 5.61. The van der Waals surface area contributed by atoms with Crippen LogP contribution in [0.1, 0.15) is 117 Å². The summed E-state index contributed by atoms with van der Waals surface area (Å²) >= 11 is 1.40. The summed E-state index contributed by atoms with van der Waals surface area (Å²) in [5.74, 6) is 0.442. The number of nitrogens with zero attached hydrogens (tertiary/aromatic N) is 2. The molecule has 3 aromatic rings. The molecule has 0 spiro atoms. The van der Waals surface area contributed by atoms with E-state index in [1.165, 1.54) is 75.5 Å². The van der Waals surface area contributed by atoms with Crippen LogP contribution in [0.5, 0.6) is 0 Å². The van der Waals surface area contributed by atoms with Crippen LogP contribution in [0.3, 0.4) is 0 Å². The van der Waals surface area contributed by atoms with Crippen molar-refractivity contribution in [3.63, 3.8) is 0 Å². The number of aryl methyl sites for hydroxylation is 1. The van der Waals surface area contributed by atoms with E-state index in [1.807, 2.05) is 31.2 Å². The fraction of sp³-hybridized carbons (Fsp3) is 0.552. The third-order valence-electron chi connectivity index (χ3n) is 6.60. The van der Waals surface area contributed by atoms with E-state index in [1.54, 1.807) is 12.5 Å². The molecule has 35 heavy (non-hydrogen) atoms. The molecule has 0 bridgehead atoms. The van der Waals surface area contributed by atoms with Crippen LogP contribution in [-0.4, -0.2) is 15.8 Å². The number of carbonyl (C=O) groups is 1. The van der Waals surface area contributed by atoms with E-state index in [9.17, 15) is 4.79 Å². The van der Waals surface area contributed by atoms with Gasteiger partial charge in [0.1, 0.15) is 5.69 Å². The predicted octanol–water partition coefficient (Wildman–Crippen LogP) is 8.75. The minimum atomic E-state index is -0.294. The van der Waals surface area contributed by atoms with Gasteiger partial charge in [-0.15, -0.1) is 11.3 Å². The molecule has 1 unspecified atom stereocenters. The van der Waals surface area contributed by atoms with Crippen molar-refractivity contribution >= 4 is 22.3 Å². The summed E-state index contributed by atoms with van der Waals surface area (Å²) in [6, 6.07) is 7.47. The van der Waals surface area contributed by atoms with Crippen LogP contribution in [0.4, 0.5) is 5.13 Å². The molecule has 190 valence electrons. The van der Waals surface area contributed by atoms with E-state index in [0.717, 1.165) is 29.8 Å². The second kappa shape index (κ2) is 14.8. The lowest BCUT2D eigenvalue weighted by Gasteiger charge is -2.15. The number of Topliss-reactive ketones (excluding diaryl/α,β-unsaturated/α-hetero) is 1. The predicted molar refractivity (Wildman–Crippen MR) is 146 cm³/mol. The van der Waals surface area contributed by atoms with Gasteiger partial charge in [-0.25, -0.2) is 4.98 Å². The number of furan rings is 1. The van der Waals surface area contributed by atoms with Crippen LogP contribution >= 0.6 is 11.3 Å². The number of hydrogen-bond donors (Lipinski definition) is 1. The molecule has 6 heteroatoms. The average Bonchev–Trinajstić information content (AvgIpc) is 3.52. The summed E-state index contributed by atoms with van der Waals surface area (Å²) in [5.41, 5.74) is 8.32. The van der Waals surface area contributed by atoms with Crippen molar-refractivity contribution in [2.24, 2.45) is 0 Å². The maximum Gasteiger partial charge on any atom is 0.180 e. The summed E-state index contributed by atoms with van der Waals surface area (Å²) in [6.45, 7) is 4.19. The lowest BCUT2D eigenvalue weighted by atomic mass is 9.90. The molecule has 3 aromatic heterocycles. The molecule has 2 N–H and O–H groups in total. The van der Waals surface area contributed by atoms with Crippen LogP contribution in [-0.2, 0) is 0 Å². The minimum absolute atomic E-state index is 0.0806. The highest BCUT2D eigenvalue weighted by Crippen LogP contribution is 2.39. The molecule has 0 radical (unpaired) electrons. The summed E-state index contributed by atoms with van der Waals surface area (Å²) in [7, 11) is 0. The normalized spacial score (nSPS) is 12.2. The van der Waals surface area contributed by atoms with Crippen molar-refractivity contribution in [3.05, 3.63) is 52.9 Å². The molecule has 3 rings (SSSR count). The Balaban J connectivity index is 1.55. The van der Waals surface area contributed by atoms with Crippen molar-refractivity contribution in [3.8, 4) is 11.5 Å². The third-order valence-corrected chi connectivity index (χ3v) is 7.60. The fourth-order valence-electron chi connectivity index (χ4n) is 4.56. The molecule has 0 aliphatic rings. The fourth-order valence-corrected chi connectivity index (χ4v) is 5.53. The Morgan fingerprint density at radius 1 is 0.971 bits per heavy atom. The van der Waals surface area contributed by atoms with Gasteiger partial charge in [0.2, 0.25) is 0 Å². The van der Waals surface area contributed by atoms with Gasteiger partial charge < -0.3 is 10.2 Å². The molecule has 3 heterocycles. The number of pyridine rings is 1. The van der Waals surface area contributed by atoms with Gasteiger partial charge in [0, 0.05) is 22.3 Å². The van der Waals surface area contributed by atoms with E-state index in [4.69, 9.17) is 10.2 Å². The topological polar surface area (TPSA) is 82.0 Å². The molecule has 0 aliphatic heterocycles. The SMILES string of the molecule is CCCCCCCCCCCCCCC(C(=O)c1ccc(C)nc1)c1sc(N)nc1-c1ccco1. The highest BCUT2D eigenvalue weighted by Gasteiger charge is 2.29. The number of aromatic nitrogens is 2. The first kappa shape index (κ1) is 27.1. The highest BCUT2D eigenvalue weighted by molar-refractivity contribution is 7.16. The molecule has 5 nitrogen and oxygen atoms in total. The number of ketones is 1. The van der Waals surface area contributed by atoms with Gasteiger partial charge in [-0.05, 0) is 37.6 Å². The van der Waals surface area contributed by atoms with Gasteiger partial charge in [0.05, 0.1) is 12.2 Å². The zero-order valence-electron chi connectivity index (χ0n) is 21.4. The number of nitrogens with two attached hydrogens (primary N) is 1. The number of thiazole rings is 1. The Morgan fingerprint density at radius 3 is 2.20 bits per heavy atom. The van der Waals surface area contributed by atoms with Crippen molar-refractivity contribution in [2.75, 3.05) is 5.73 Å². The zero-order valence-corrected chi connectivity index (χ0v) is 22.2. The largest absolute Gasteiger partial charge is 0.463 e. The molecular weight excluding hydrogens is 454 g/mol. The molecule has 0 saturated carbocycles. The van der Waals surface area contributed by atoms with E-state index in [2.05, 4.69) is 16.9 Å². The first-order valence-corrected chi connectivity index (χ1v) is 14.2. The van der Waals surface area contributed by atoms with Crippen LogP contribution in [0.15, 0.2) is 41.1 Å². The molecule has 0 saturated heterocycles. The number of rotatable bonds is 17. The van der Waals surface area contributed by atoms with Crippen LogP contribution < -0.4 is 5.73 Å². The van der Waals surface area contributed by atoms with Crippen molar-refractivity contribution in [1.29, 1.82) is 0 Å². The molecule has 0 aliphatic carbocycles. The second-order valence-electron chi connectivity index (χ2n) is 9.53. The van der Waals surface area contributed by atoms with Crippen molar-refractivity contribution < 1.29 is 9.21 Å². The molecule has 0 fully saturated rings. The van der Waals surface area contributed by atoms with Crippen LogP contribution in [0.2, 0.25) is 0 Å². The summed E-state index contributed by atoms with van der Waals surface area (Å²) in [4.78, 5) is 23.3. The van der Waals surface area contributed by atoms with Crippen molar-refractivity contribution in [2.45, 2.75) is 103 Å². The van der Waals surface area contributed by atoms with E-state index in [-0.39, 0.29) is 11.7 Å². The number of anilines is 1.